The second kappa shape index (κ2) is 5.82. The molecule has 0 aliphatic carbocycles. The van der Waals surface area contributed by atoms with Crippen molar-refractivity contribution in [2.75, 3.05) is 13.7 Å². The molecular weight excluding hydrogens is 192 g/mol. The highest BCUT2D eigenvalue weighted by Gasteiger charge is 2.12. The summed E-state index contributed by atoms with van der Waals surface area (Å²) < 4.78 is 7.01. The number of ether oxygens (including phenoxy) is 1. The standard InChI is InChI=1S/C10H20N4O/c1-8(2)9(11)6-10-13-12-7-14(10)4-5-15-3/h7-9H,4-6,11H2,1-3H3. The van der Waals surface area contributed by atoms with E-state index in [2.05, 4.69) is 24.0 Å². The smallest absolute Gasteiger partial charge is 0.134 e. The van der Waals surface area contributed by atoms with Gasteiger partial charge in [-0.25, -0.2) is 0 Å². The first-order valence-corrected chi connectivity index (χ1v) is 5.26. The monoisotopic (exact) mass is 212 g/mol. The van der Waals surface area contributed by atoms with Gasteiger partial charge in [-0.1, -0.05) is 13.8 Å². The van der Waals surface area contributed by atoms with Gasteiger partial charge in [-0.05, 0) is 5.92 Å². The predicted molar refractivity (Wildman–Crippen MR) is 58.4 cm³/mol. The van der Waals surface area contributed by atoms with Crippen LogP contribution in [0.2, 0.25) is 0 Å². The summed E-state index contributed by atoms with van der Waals surface area (Å²) in [6.07, 6.45) is 2.49. The molecule has 5 nitrogen and oxygen atoms in total. The van der Waals surface area contributed by atoms with E-state index in [0.29, 0.717) is 12.5 Å². The van der Waals surface area contributed by atoms with Crippen LogP contribution in [0.15, 0.2) is 6.33 Å². The third kappa shape index (κ3) is 3.60. The first-order valence-electron chi connectivity index (χ1n) is 5.26. The molecule has 1 aromatic rings. The van der Waals surface area contributed by atoms with Crippen molar-refractivity contribution in [2.45, 2.75) is 32.9 Å². The van der Waals surface area contributed by atoms with Gasteiger partial charge in [-0.2, -0.15) is 0 Å². The van der Waals surface area contributed by atoms with E-state index in [1.54, 1.807) is 13.4 Å². The predicted octanol–water partition coefficient (Wildman–Crippen LogP) is 0.450. The molecule has 1 rings (SSSR count). The van der Waals surface area contributed by atoms with Gasteiger partial charge < -0.3 is 15.0 Å². The summed E-state index contributed by atoms with van der Waals surface area (Å²) in [5.41, 5.74) is 5.99. The van der Waals surface area contributed by atoms with Gasteiger partial charge in [-0.15, -0.1) is 10.2 Å². The fourth-order valence-corrected chi connectivity index (χ4v) is 1.26. The molecule has 1 unspecified atom stereocenters. The Kier molecular flexibility index (Phi) is 4.71. The minimum Gasteiger partial charge on any atom is -0.383 e. The number of hydrogen-bond donors (Lipinski definition) is 1. The summed E-state index contributed by atoms with van der Waals surface area (Å²) >= 11 is 0. The van der Waals surface area contributed by atoms with E-state index in [0.717, 1.165) is 18.8 Å². The molecule has 86 valence electrons. The van der Waals surface area contributed by atoms with Gasteiger partial charge in [0, 0.05) is 26.1 Å². The van der Waals surface area contributed by atoms with Gasteiger partial charge in [0.1, 0.15) is 12.2 Å². The van der Waals surface area contributed by atoms with E-state index >= 15 is 0 Å². The molecule has 0 radical (unpaired) electrons. The van der Waals surface area contributed by atoms with Crippen molar-refractivity contribution >= 4 is 0 Å². The van der Waals surface area contributed by atoms with E-state index in [-0.39, 0.29) is 6.04 Å². The molecule has 0 aromatic carbocycles. The average molecular weight is 212 g/mol. The maximum absolute atomic E-state index is 5.99. The van der Waals surface area contributed by atoms with E-state index in [9.17, 15) is 0 Å². The van der Waals surface area contributed by atoms with E-state index < -0.39 is 0 Å². The number of rotatable bonds is 6. The van der Waals surface area contributed by atoms with Gasteiger partial charge in [-0.3, -0.25) is 0 Å². The Labute approximate surface area is 90.6 Å². The van der Waals surface area contributed by atoms with Crippen LogP contribution in [0.25, 0.3) is 0 Å². The molecule has 0 aliphatic heterocycles. The van der Waals surface area contributed by atoms with Gasteiger partial charge in [0.2, 0.25) is 0 Å². The van der Waals surface area contributed by atoms with Crippen LogP contribution in [-0.4, -0.2) is 34.5 Å². The Morgan fingerprint density at radius 3 is 2.87 bits per heavy atom. The lowest BCUT2D eigenvalue weighted by Crippen LogP contribution is -2.30. The first kappa shape index (κ1) is 12.1. The average Bonchev–Trinajstić information content (AvgIpc) is 2.62. The van der Waals surface area contributed by atoms with Crippen molar-refractivity contribution < 1.29 is 4.74 Å². The summed E-state index contributed by atoms with van der Waals surface area (Å²) in [7, 11) is 1.68. The van der Waals surface area contributed by atoms with Gasteiger partial charge >= 0.3 is 0 Å². The van der Waals surface area contributed by atoms with Gasteiger partial charge in [0.25, 0.3) is 0 Å². The van der Waals surface area contributed by atoms with Crippen LogP contribution in [0.4, 0.5) is 0 Å². The normalized spacial score (nSPS) is 13.4. The highest BCUT2D eigenvalue weighted by Crippen LogP contribution is 2.06. The molecule has 0 spiro atoms. The zero-order chi connectivity index (χ0) is 11.3. The largest absolute Gasteiger partial charge is 0.383 e. The van der Waals surface area contributed by atoms with Crippen LogP contribution in [0.5, 0.6) is 0 Å². The lowest BCUT2D eigenvalue weighted by Gasteiger charge is -2.15. The van der Waals surface area contributed by atoms with Crippen LogP contribution < -0.4 is 5.73 Å². The second-order valence-electron chi connectivity index (χ2n) is 4.05. The molecule has 5 heteroatoms. The van der Waals surface area contributed by atoms with Crippen LogP contribution in [0.3, 0.4) is 0 Å². The molecule has 2 N–H and O–H groups in total. The van der Waals surface area contributed by atoms with Gasteiger partial charge in [0.15, 0.2) is 0 Å². The molecule has 1 heterocycles. The van der Waals surface area contributed by atoms with E-state index in [1.165, 1.54) is 0 Å². The summed E-state index contributed by atoms with van der Waals surface area (Å²) in [6.45, 7) is 5.67. The third-order valence-electron chi connectivity index (χ3n) is 2.51. The van der Waals surface area contributed by atoms with Crippen LogP contribution in [0.1, 0.15) is 19.7 Å². The van der Waals surface area contributed by atoms with Crippen LogP contribution in [0, 0.1) is 5.92 Å². The third-order valence-corrected chi connectivity index (χ3v) is 2.51. The Hall–Kier alpha value is -0.940. The van der Waals surface area contributed by atoms with Crippen molar-refractivity contribution in [3.05, 3.63) is 12.2 Å². The molecule has 1 aromatic heterocycles. The zero-order valence-corrected chi connectivity index (χ0v) is 9.68. The molecule has 0 saturated heterocycles. The highest BCUT2D eigenvalue weighted by molar-refractivity contribution is 4.90. The maximum atomic E-state index is 5.99. The molecule has 15 heavy (non-hydrogen) atoms. The van der Waals surface area contributed by atoms with E-state index in [1.807, 2.05) is 4.57 Å². The molecule has 0 fully saturated rings. The quantitative estimate of drug-likeness (QED) is 0.743. The van der Waals surface area contributed by atoms with Crippen molar-refractivity contribution in [1.29, 1.82) is 0 Å². The van der Waals surface area contributed by atoms with E-state index in [4.69, 9.17) is 10.5 Å². The summed E-state index contributed by atoms with van der Waals surface area (Å²) in [4.78, 5) is 0. The number of aromatic nitrogens is 3. The van der Waals surface area contributed by atoms with Crippen molar-refractivity contribution in [3.63, 3.8) is 0 Å². The van der Waals surface area contributed by atoms with Crippen molar-refractivity contribution in [1.82, 2.24) is 14.8 Å². The Morgan fingerprint density at radius 2 is 2.27 bits per heavy atom. The molecule has 0 aliphatic rings. The highest BCUT2D eigenvalue weighted by atomic mass is 16.5. The minimum absolute atomic E-state index is 0.135. The molecular formula is C10H20N4O. The van der Waals surface area contributed by atoms with Gasteiger partial charge in [0.05, 0.1) is 6.61 Å². The zero-order valence-electron chi connectivity index (χ0n) is 9.68. The number of methoxy groups -OCH3 is 1. The Balaban J connectivity index is 2.56. The first-order chi connectivity index (χ1) is 7.15. The lowest BCUT2D eigenvalue weighted by molar-refractivity contribution is 0.186. The number of nitrogens with zero attached hydrogens (tertiary/aromatic N) is 3. The topological polar surface area (TPSA) is 66.0 Å². The summed E-state index contributed by atoms with van der Waals surface area (Å²) in [5.74, 6) is 1.39. The minimum atomic E-state index is 0.135. The van der Waals surface area contributed by atoms with Crippen molar-refractivity contribution in [3.8, 4) is 0 Å². The van der Waals surface area contributed by atoms with Crippen LogP contribution >= 0.6 is 0 Å². The summed E-state index contributed by atoms with van der Waals surface area (Å²) in [6, 6.07) is 0.135. The Morgan fingerprint density at radius 1 is 1.53 bits per heavy atom. The molecule has 0 saturated carbocycles. The summed E-state index contributed by atoms with van der Waals surface area (Å²) in [5, 5.41) is 7.96. The second-order valence-corrected chi connectivity index (χ2v) is 4.05. The fourth-order valence-electron chi connectivity index (χ4n) is 1.26. The lowest BCUT2D eigenvalue weighted by atomic mass is 10.0. The molecule has 0 amide bonds. The maximum Gasteiger partial charge on any atom is 0.134 e. The molecule has 0 bridgehead atoms. The number of hydrogen-bond acceptors (Lipinski definition) is 4. The number of nitrogens with two attached hydrogens (primary N) is 1. The van der Waals surface area contributed by atoms with Crippen LogP contribution in [-0.2, 0) is 17.7 Å². The SMILES string of the molecule is COCCn1cnnc1CC(N)C(C)C. The van der Waals surface area contributed by atoms with Crippen molar-refractivity contribution in [2.24, 2.45) is 11.7 Å². The Bertz CT molecular complexity index is 285. The fraction of sp³-hybridized carbons (Fsp3) is 0.800. The molecule has 1 atom stereocenters.